The summed E-state index contributed by atoms with van der Waals surface area (Å²) in [6, 6.07) is 6.74. The van der Waals surface area contributed by atoms with E-state index in [1.807, 2.05) is 13.8 Å². The standard InChI is InChI=1S/C19H25NO4/c1-12(2)10-13(18(23)24-19(3,4)5)11-20-16(21)14-8-6-7-9-15(14)17(20)22/h6-9,12-13H,10-11H2,1-5H3. The summed E-state index contributed by atoms with van der Waals surface area (Å²) in [5.41, 5.74) is 0.193. The highest BCUT2D eigenvalue weighted by Gasteiger charge is 2.38. The molecule has 0 aromatic heterocycles. The number of amides is 2. The molecule has 130 valence electrons. The van der Waals surface area contributed by atoms with E-state index < -0.39 is 11.5 Å². The lowest BCUT2D eigenvalue weighted by molar-refractivity contribution is -0.160. The number of hydrogen-bond donors (Lipinski definition) is 0. The Balaban J connectivity index is 2.20. The number of imide groups is 1. The van der Waals surface area contributed by atoms with Crippen LogP contribution < -0.4 is 0 Å². The lowest BCUT2D eigenvalue weighted by Crippen LogP contribution is -2.40. The van der Waals surface area contributed by atoms with Gasteiger partial charge < -0.3 is 4.74 Å². The van der Waals surface area contributed by atoms with Crippen LogP contribution in [0.5, 0.6) is 0 Å². The molecule has 1 heterocycles. The van der Waals surface area contributed by atoms with Gasteiger partial charge in [-0.25, -0.2) is 0 Å². The molecule has 5 heteroatoms. The van der Waals surface area contributed by atoms with Gasteiger partial charge in [-0.05, 0) is 45.2 Å². The van der Waals surface area contributed by atoms with Crippen molar-refractivity contribution in [2.24, 2.45) is 11.8 Å². The lowest BCUT2D eigenvalue weighted by Gasteiger charge is -2.27. The van der Waals surface area contributed by atoms with Gasteiger partial charge in [0.15, 0.2) is 0 Å². The summed E-state index contributed by atoms with van der Waals surface area (Å²) in [5.74, 6) is -1.32. The van der Waals surface area contributed by atoms with Gasteiger partial charge in [-0.15, -0.1) is 0 Å². The molecule has 0 saturated carbocycles. The quantitative estimate of drug-likeness (QED) is 0.613. The Labute approximate surface area is 143 Å². The number of hydrogen-bond acceptors (Lipinski definition) is 4. The van der Waals surface area contributed by atoms with E-state index >= 15 is 0 Å². The van der Waals surface area contributed by atoms with E-state index in [9.17, 15) is 14.4 Å². The molecule has 0 N–H and O–H groups in total. The molecular formula is C19H25NO4. The normalized spacial score (nSPS) is 15.7. The number of carbonyl (C=O) groups is 3. The Morgan fingerprint density at radius 1 is 1.08 bits per heavy atom. The maximum Gasteiger partial charge on any atom is 0.311 e. The SMILES string of the molecule is CC(C)CC(CN1C(=O)c2ccccc2C1=O)C(=O)OC(C)(C)C. The van der Waals surface area contributed by atoms with Crippen molar-refractivity contribution in [3.8, 4) is 0 Å². The fourth-order valence-electron chi connectivity index (χ4n) is 2.82. The third-order valence-corrected chi connectivity index (χ3v) is 3.78. The molecule has 0 saturated heterocycles. The van der Waals surface area contributed by atoms with Crippen LogP contribution in [-0.2, 0) is 9.53 Å². The summed E-state index contributed by atoms with van der Waals surface area (Å²) in [6.45, 7) is 9.47. The van der Waals surface area contributed by atoms with E-state index in [1.54, 1.807) is 45.0 Å². The summed E-state index contributed by atoms with van der Waals surface area (Å²) in [4.78, 5) is 38.6. The van der Waals surface area contributed by atoms with Crippen LogP contribution in [0.15, 0.2) is 24.3 Å². The first kappa shape index (κ1) is 18.2. The molecule has 1 aliphatic rings. The van der Waals surface area contributed by atoms with E-state index in [0.717, 1.165) is 0 Å². The van der Waals surface area contributed by atoms with Crippen LogP contribution in [0.4, 0.5) is 0 Å². The zero-order chi connectivity index (χ0) is 18.1. The number of benzene rings is 1. The monoisotopic (exact) mass is 331 g/mol. The van der Waals surface area contributed by atoms with Gasteiger partial charge in [-0.3, -0.25) is 19.3 Å². The van der Waals surface area contributed by atoms with Crippen LogP contribution >= 0.6 is 0 Å². The highest BCUT2D eigenvalue weighted by atomic mass is 16.6. The van der Waals surface area contributed by atoms with Crippen molar-refractivity contribution in [1.82, 2.24) is 4.90 Å². The molecule has 1 atom stereocenters. The average molecular weight is 331 g/mol. The Bertz CT molecular complexity index is 623. The fraction of sp³-hybridized carbons (Fsp3) is 0.526. The number of carbonyl (C=O) groups excluding carboxylic acids is 3. The molecule has 0 spiro atoms. The zero-order valence-corrected chi connectivity index (χ0v) is 15.0. The number of fused-ring (bicyclic) bond motifs is 1. The number of ether oxygens (including phenoxy) is 1. The first-order chi connectivity index (χ1) is 11.1. The topological polar surface area (TPSA) is 63.7 Å². The Hall–Kier alpha value is -2.17. The summed E-state index contributed by atoms with van der Waals surface area (Å²) >= 11 is 0. The molecule has 1 unspecified atom stereocenters. The number of esters is 1. The van der Waals surface area contributed by atoms with Crippen LogP contribution in [0.25, 0.3) is 0 Å². The zero-order valence-electron chi connectivity index (χ0n) is 15.0. The molecule has 1 aliphatic heterocycles. The number of rotatable bonds is 5. The van der Waals surface area contributed by atoms with Crippen molar-refractivity contribution in [3.05, 3.63) is 35.4 Å². The Morgan fingerprint density at radius 3 is 2.00 bits per heavy atom. The van der Waals surface area contributed by atoms with E-state index in [4.69, 9.17) is 4.74 Å². The van der Waals surface area contributed by atoms with Crippen LogP contribution in [0.3, 0.4) is 0 Å². The van der Waals surface area contributed by atoms with Crippen molar-refractivity contribution in [2.75, 3.05) is 6.54 Å². The summed E-state index contributed by atoms with van der Waals surface area (Å²) in [5, 5.41) is 0. The minimum atomic E-state index is -0.603. The summed E-state index contributed by atoms with van der Waals surface area (Å²) in [7, 11) is 0. The van der Waals surface area contributed by atoms with Crippen LogP contribution in [0.1, 0.15) is 61.8 Å². The van der Waals surface area contributed by atoms with Crippen molar-refractivity contribution >= 4 is 17.8 Å². The highest BCUT2D eigenvalue weighted by Crippen LogP contribution is 2.26. The average Bonchev–Trinajstić information content (AvgIpc) is 2.70. The van der Waals surface area contributed by atoms with Crippen molar-refractivity contribution in [2.45, 2.75) is 46.6 Å². The van der Waals surface area contributed by atoms with Gasteiger partial charge in [0.25, 0.3) is 11.8 Å². The highest BCUT2D eigenvalue weighted by molar-refractivity contribution is 6.21. The van der Waals surface area contributed by atoms with Gasteiger partial charge in [0.1, 0.15) is 5.60 Å². The predicted octanol–water partition coefficient (Wildman–Crippen LogP) is 3.29. The van der Waals surface area contributed by atoms with Gasteiger partial charge >= 0.3 is 5.97 Å². The first-order valence-electron chi connectivity index (χ1n) is 8.28. The Kier molecular flexibility index (Phi) is 5.11. The minimum absolute atomic E-state index is 0.0550. The largest absolute Gasteiger partial charge is 0.460 e. The fourth-order valence-corrected chi connectivity index (χ4v) is 2.82. The van der Waals surface area contributed by atoms with Crippen LogP contribution in [0.2, 0.25) is 0 Å². The second-order valence-corrected chi connectivity index (χ2v) is 7.63. The third kappa shape index (κ3) is 4.02. The van der Waals surface area contributed by atoms with Crippen molar-refractivity contribution in [1.29, 1.82) is 0 Å². The van der Waals surface area contributed by atoms with Crippen molar-refractivity contribution < 1.29 is 19.1 Å². The van der Waals surface area contributed by atoms with E-state index in [1.165, 1.54) is 4.90 Å². The van der Waals surface area contributed by atoms with Crippen LogP contribution in [-0.4, -0.2) is 34.8 Å². The molecule has 1 aromatic rings. The van der Waals surface area contributed by atoms with Gasteiger partial charge in [-0.2, -0.15) is 0 Å². The molecular weight excluding hydrogens is 306 g/mol. The van der Waals surface area contributed by atoms with Crippen molar-refractivity contribution in [3.63, 3.8) is 0 Å². The van der Waals surface area contributed by atoms with Gasteiger partial charge in [0.05, 0.1) is 17.0 Å². The van der Waals surface area contributed by atoms with Gasteiger partial charge in [-0.1, -0.05) is 26.0 Å². The second kappa shape index (κ2) is 6.75. The third-order valence-electron chi connectivity index (χ3n) is 3.78. The molecule has 24 heavy (non-hydrogen) atoms. The first-order valence-corrected chi connectivity index (χ1v) is 8.28. The molecule has 5 nitrogen and oxygen atoms in total. The predicted molar refractivity (Wildman–Crippen MR) is 90.6 cm³/mol. The van der Waals surface area contributed by atoms with Crippen LogP contribution in [0, 0.1) is 11.8 Å². The summed E-state index contributed by atoms with van der Waals surface area (Å²) < 4.78 is 5.47. The molecule has 0 bridgehead atoms. The Morgan fingerprint density at radius 2 is 1.58 bits per heavy atom. The smallest absolute Gasteiger partial charge is 0.311 e. The number of nitrogens with zero attached hydrogens (tertiary/aromatic N) is 1. The maximum absolute atomic E-state index is 12.5. The van der Waals surface area contributed by atoms with E-state index in [-0.39, 0.29) is 30.2 Å². The molecule has 0 aliphatic carbocycles. The molecule has 2 amide bonds. The lowest BCUT2D eigenvalue weighted by atomic mass is 9.96. The molecule has 0 fully saturated rings. The second-order valence-electron chi connectivity index (χ2n) is 7.63. The summed E-state index contributed by atoms with van der Waals surface area (Å²) in [6.07, 6.45) is 0.558. The van der Waals surface area contributed by atoms with E-state index in [2.05, 4.69) is 0 Å². The molecule has 0 radical (unpaired) electrons. The maximum atomic E-state index is 12.5. The molecule has 1 aromatic carbocycles. The minimum Gasteiger partial charge on any atom is -0.460 e. The molecule has 2 rings (SSSR count). The van der Waals surface area contributed by atoms with E-state index in [0.29, 0.717) is 17.5 Å². The van der Waals surface area contributed by atoms with Gasteiger partial charge in [0, 0.05) is 6.54 Å². The van der Waals surface area contributed by atoms with Gasteiger partial charge in [0.2, 0.25) is 0 Å².